The van der Waals surface area contributed by atoms with Crippen LogP contribution in [-0.4, -0.2) is 35.9 Å². The van der Waals surface area contributed by atoms with Gasteiger partial charge in [0, 0.05) is 13.1 Å². The summed E-state index contributed by atoms with van der Waals surface area (Å²) >= 11 is 3.56. The number of halogens is 1. The zero-order valence-electron chi connectivity index (χ0n) is 20.7. The molecule has 0 aliphatic rings. The molecule has 0 unspecified atom stereocenters. The minimum absolute atomic E-state index is 0.0161. The molecule has 0 spiro atoms. The van der Waals surface area contributed by atoms with E-state index >= 15 is 0 Å². The SMILES string of the molecule is CCCCNC(=O)[C@H](C)N(Cc1ccc(C)cc1)C(=O)COc1ccc(C(C)(C)C)cc1Br. The van der Waals surface area contributed by atoms with Crippen molar-refractivity contribution in [3.05, 3.63) is 63.6 Å². The monoisotopic (exact) mass is 516 g/mol. The topological polar surface area (TPSA) is 58.6 Å². The highest BCUT2D eigenvalue weighted by Gasteiger charge is 2.26. The molecule has 0 saturated heterocycles. The Hall–Kier alpha value is -2.34. The summed E-state index contributed by atoms with van der Waals surface area (Å²) in [5.74, 6) is 0.215. The number of carbonyl (C=O) groups is 2. The fraction of sp³-hybridized carbons (Fsp3) is 0.481. The van der Waals surface area contributed by atoms with Crippen molar-refractivity contribution in [1.29, 1.82) is 0 Å². The Kier molecular flexibility index (Phi) is 9.96. The Morgan fingerprint density at radius 2 is 1.79 bits per heavy atom. The molecule has 0 saturated carbocycles. The van der Waals surface area contributed by atoms with Crippen LogP contribution in [0.25, 0.3) is 0 Å². The van der Waals surface area contributed by atoms with E-state index in [4.69, 9.17) is 4.74 Å². The van der Waals surface area contributed by atoms with Crippen molar-refractivity contribution in [2.45, 2.75) is 72.4 Å². The lowest BCUT2D eigenvalue weighted by atomic mass is 9.87. The third-order valence-corrected chi connectivity index (χ3v) is 6.24. The first-order valence-corrected chi connectivity index (χ1v) is 12.4. The molecule has 0 aliphatic heterocycles. The van der Waals surface area contributed by atoms with Gasteiger partial charge in [0.15, 0.2) is 6.61 Å². The number of hydrogen-bond donors (Lipinski definition) is 1. The van der Waals surface area contributed by atoms with Crippen molar-refractivity contribution in [3.8, 4) is 5.75 Å². The molecule has 2 aromatic carbocycles. The standard InChI is InChI=1S/C27H37BrN2O3/c1-7-8-15-29-26(32)20(3)30(17-21-11-9-19(2)10-12-21)25(31)18-33-24-14-13-22(16-23(24)28)27(4,5)6/h9-14,16,20H,7-8,15,17-18H2,1-6H3,(H,29,32)/t20-/m0/s1. The average molecular weight is 518 g/mol. The van der Waals surface area contributed by atoms with Crippen LogP contribution >= 0.6 is 15.9 Å². The average Bonchev–Trinajstić information content (AvgIpc) is 2.76. The molecule has 0 heterocycles. The molecule has 5 nitrogen and oxygen atoms in total. The third-order valence-electron chi connectivity index (χ3n) is 5.62. The maximum atomic E-state index is 13.2. The van der Waals surface area contributed by atoms with Gasteiger partial charge in [0.2, 0.25) is 5.91 Å². The second-order valence-electron chi connectivity index (χ2n) is 9.51. The number of amides is 2. The maximum absolute atomic E-state index is 13.2. The lowest BCUT2D eigenvalue weighted by Crippen LogP contribution is -2.49. The summed E-state index contributed by atoms with van der Waals surface area (Å²) in [5, 5.41) is 2.94. The summed E-state index contributed by atoms with van der Waals surface area (Å²) in [6.45, 7) is 13.1. The molecule has 0 radical (unpaired) electrons. The smallest absolute Gasteiger partial charge is 0.261 e. The van der Waals surface area contributed by atoms with E-state index < -0.39 is 6.04 Å². The molecule has 0 bridgehead atoms. The Morgan fingerprint density at radius 3 is 2.36 bits per heavy atom. The van der Waals surface area contributed by atoms with E-state index in [9.17, 15) is 9.59 Å². The van der Waals surface area contributed by atoms with Crippen LogP contribution < -0.4 is 10.1 Å². The summed E-state index contributed by atoms with van der Waals surface area (Å²) in [6, 6.07) is 13.3. The molecule has 33 heavy (non-hydrogen) atoms. The van der Waals surface area contributed by atoms with Gasteiger partial charge in [-0.2, -0.15) is 0 Å². The van der Waals surface area contributed by atoms with Crippen LogP contribution in [0, 0.1) is 6.92 Å². The van der Waals surface area contributed by atoms with Gasteiger partial charge in [-0.15, -0.1) is 0 Å². The van der Waals surface area contributed by atoms with Gasteiger partial charge in [0.05, 0.1) is 4.47 Å². The Bertz CT molecular complexity index is 935. The fourth-order valence-corrected chi connectivity index (χ4v) is 3.81. The van der Waals surface area contributed by atoms with Crippen molar-refractivity contribution >= 4 is 27.7 Å². The highest BCUT2D eigenvalue weighted by atomic mass is 79.9. The van der Waals surface area contributed by atoms with E-state index in [1.165, 1.54) is 5.56 Å². The van der Waals surface area contributed by atoms with Gasteiger partial charge < -0.3 is 15.0 Å². The Balaban J connectivity index is 2.15. The second kappa shape index (κ2) is 12.2. The first-order valence-electron chi connectivity index (χ1n) is 11.6. The van der Waals surface area contributed by atoms with Gasteiger partial charge in [-0.05, 0) is 64.9 Å². The molecule has 0 aromatic heterocycles. The van der Waals surface area contributed by atoms with Crippen molar-refractivity contribution in [3.63, 3.8) is 0 Å². The van der Waals surface area contributed by atoms with Crippen molar-refractivity contribution in [1.82, 2.24) is 10.2 Å². The van der Waals surface area contributed by atoms with Gasteiger partial charge in [-0.3, -0.25) is 9.59 Å². The zero-order chi connectivity index (χ0) is 24.6. The van der Waals surface area contributed by atoms with Gasteiger partial charge in [0.25, 0.3) is 5.91 Å². The molecular weight excluding hydrogens is 480 g/mol. The third kappa shape index (κ3) is 8.18. The minimum Gasteiger partial charge on any atom is -0.483 e. The first kappa shape index (κ1) is 26.9. The minimum atomic E-state index is -0.606. The summed E-state index contributed by atoms with van der Waals surface area (Å²) in [7, 11) is 0. The van der Waals surface area contributed by atoms with Crippen LogP contribution in [0.3, 0.4) is 0 Å². The Labute approximate surface area is 207 Å². The van der Waals surface area contributed by atoms with Crippen molar-refractivity contribution in [2.24, 2.45) is 0 Å². The number of aryl methyl sites for hydroxylation is 1. The molecule has 180 valence electrons. The largest absolute Gasteiger partial charge is 0.483 e. The molecule has 2 rings (SSSR count). The quantitative estimate of drug-likeness (QED) is 0.408. The lowest BCUT2D eigenvalue weighted by molar-refractivity contribution is -0.142. The van der Waals surface area contributed by atoms with Crippen LogP contribution in [0.2, 0.25) is 0 Å². The van der Waals surface area contributed by atoms with E-state index in [-0.39, 0.29) is 23.8 Å². The highest BCUT2D eigenvalue weighted by molar-refractivity contribution is 9.10. The predicted octanol–water partition coefficient (Wildman–Crippen LogP) is 5.77. The predicted molar refractivity (Wildman–Crippen MR) is 137 cm³/mol. The summed E-state index contributed by atoms with van der Waals surface area (Å²) < 4.78 is 6.67. The molecule has 1 N–H and O–H groups in total. The molecule has 0 aliphatic carbocycles. The van der Waals surface area contributed by atoms with Crippen LogP contribution in [-0.2, 0) is 21.5 Å². The van der Waals surface area contributed by atoms with E-state index in [2.05, 4.69) is 48.9 Å². The summed E-state index contributed by atoms with van der Waals surface area (Å²) in [4.78, 5) is 27.5. The van der Waals surface area contributed by atoms with Crippen LogP contribution in [0.1, 0.15) is 64.2 Å². The number of benzene rings is 2. The number of unbranched alkanes of at least 4 members (excludes halogenated alkanes) is 1. The lowest BCUT2D eigenvalue weighted by Gasteiger charge is -2.29. The van der Waals surface area contributed by atoms with Gasteiger partial charge in [-0.25, -0.2) is 0 Å². The van der Waals surface area contributed by atoms with E-state index in [0.717, 1.165) is 28.4 Å². The summed E-state index contributed by atoms with van der Waals surface area (Å²) in [6.07, 6.45) is 1.91. The molecule has 2 aromatic rings. The van der Waals surface area contributed by atoms with Crippen molar-refractivity contribution in [2.75, 3.05) is 13.2 Å². The van der Waals surface area contributed by atoms with Crippen LogP contribution in [0.15, 0.2) is 46.9 Å². The number of nitrogens with zero attached hydrogens (tertiary/aromatic N) is 1. The van der Waals surface area contributed by atoms with Gasteiger partial charge in [0.1, 0.15) is 11.8 Å². The van der Waals surface area contributed by atoms with E-state index in [0.29, 0.717) is 18.8 Å². The van der Waals surface area contributed by atoms with Crippen LogP contribution in [0.4, 0.5) is 0 Å². The fourth-order valence-electron chi connectivity index (χ4n) is 3.32. The number of hydrogen-bond acceptors (Lipinski definition) is 3. The second-order valence-corrected chi connectivity index (χ2v) is 10.4. The molecular formula is C27H37BrN2O3. The molecule has 0 fully saturated rings. The van der Waals surface area contributed by atoms with E-state index in [1.807, 2.05) is 49.4 Å². The number of rotatable bonds is 10. The first-order chi connectivity index (χ1) is 15.5. The van der Waals surface area contributed by atoms with Crippen LogP contribution in [0.5, 0.6) is 5.75 Å². The summed E-state index contributed by atoms with van der Waals surface area (Å²) in [5.41, 5.74) is 3.31. The molecule has 6 heteroatoms. The van der Waals surface area contributed by atoms with Gasteiger partial charge in [-0.1, -0.05) is 70.0 Å². The highest BCUT2D eigenvalue weighted by Crippen LogP contribution is 2.31. The normalized spacial score (nSPS) is 12.2. The number of nitrogens with one attached hydrogen (secondary N) is 1. The van der Waals surface area contributed by atoms with E-state index in [1.54, 1.807) is 11.8 Å². The molecule has 2 amide bonds. The van der Waals surface area contributed by atoms with Gasteiger partial charge >= 0.3 is 0 Å². The van der Waals surface area contributed by atoms with Crippen molar-refractivity contribution < 1.29 is 14.3 Å². The maximum Gasteiger partial charge on any atom is 0.261 e. The number of carbonyl (C=O) groups excluding carboxylic acids is 2. The Morgan fingerprint density at radius 1 is 1.12 bits per heavy atom. The molecule has 1 atom stereocenters. The zero-order valence-corrected chi connectivity index (χ0v) is 22.3. The number of ether oxygens (including phenoxy) is 1.